The van der Waals surface area contributed by atoms with Crippen molar-refractivity contribution in [3.05, 3.63) is 23.9 Å². The van der Waals surface area contributed by atoms with Crippen LogP contribution >= 0.6 is 24.0 Å². The van der Waals surface area contributed by atoms with E-state index < -0.39 is 0 Å². The van der Waals surface area contributed by atoms with Crippen LogP contribution in [-0.4, -0.2) is 44.4 Å². The van der Waals surface area contributed by atoms with Gasteiger partial charge >= 0.3 is 0 Å². The van der Waals surface area contributed by atoms with E-state index >= 15 is 0 Å². The average Bonchev–Trinajstić information content (AvgIpc) is 3.18. The molecule has 0 atom stereocenters. The van der Waals surface area contributed by atoms with Crippen LogP contribution in [0.25, 0.3) is 0 Å². The average molecular weight is 490 g/mol. The summed E-state index contributed by atoms with van der Waals surface area (Å²) >= 11 is 0. The van der Waals surface area contributed by atoms with Crippen LogP contribution in [0.4, 0.5) is 0 Å². The summed E-state index contributed by atoms with van der Waals surface area (Å²) in [6, 6.07) is 3.91. The van der Waals surface area contributed by atoms with Gasteiger partial charge in [-0.05, 0) is 31.7 Å². The van der Waals surface area contributed by atoms with E-state index in [1.807, 2.05) is 12.1 Å². The number of aliphatic imine (C=N–C) groups is 1. The molecule has 1 fully saturated rings. The molecule has 1 aromatic heterocycles. The lowest BCUT2D eigenvalue weighted by molar-refractivity contribution is 0.143. The molecule has 1 heterocycles. The number of halogens is 1. The van der Waals surface area contributed by atoms with Crippen LogP contribution in [0.15, 0.2) is 23.3 Å². The third kappa shape index (κ3) is 9.60. The van der Waals surface area contributed by atoms with Crippen molar-refractivity contribution >= 4 is 29.9 Å². The Morgan fingerprint density at radius 3 is 2.81 bits per heavy atom. The molecule has 0 bridgehead atoms. The predicted octanol–water partition coefficient (Wildman–Crippen LogP) is 3.75. The summed E-state index contributed by atoms with van der Waals surface area (Å²) in [5.74, 6) is 2.43. The van der Waals surface area contributed by atoms with Gasteiger partial charge in [0.25, 0.3) is 0 Å². The number of methoxy groups -OCH3 is 1. The number of pyridine rings is 1. The molecule has 2 rings (SSSR count). The molecule has 0 saturated heterocycles. The topological polar surface area (TPSA) is 67.8 Å². The number of aromatic nitrogens is 1. The normalized spacial score (nSPS) is 14.7. The second kappa shape index (κ2) is 14.9. The summed E-state index contributed by atoms with van der Waals surface area (Å²) < 4.78 is 10.7. The predicted molar refractivity (Wildman–Crippen MR) is 121 cm³/mol. The van der Waals surface area contributed by atoms with Gasteiger partial charge in [0.05, 0.1) is 13.2 Å². The molecule has 0 amide bonds. The van der Waals surface area contributed by atoms with Gasteiger partial charge in [0.15, 0.2) is 5.96 Å². The number of nitrogens with zero attached hydrogens (tertiary/aromatic N) is 2. The van der Waals surface area contributed by atoms with Gasteiger partial charge < -0.3 is 20.1 Å². The first kappa shape index (κ1) is 23.9. The Morgan fingerprint density at radius 1 is 1.26 bits per heavy atom. The van der Waals surface area contributed by atoms with E-state index in [2.05, 4.69) is 27.5 Å². The third-order valence-corrected chi connectivity index (χ3v) is 4.68. The molecule has 1 aliphatic rings. The van der Waals surface area contributed by atoms with Gasteiger partial charge in [0.2, 0.25) is 5.88 Å². The summed E-state index contributed by atoms with van der Waals surface area (Å²) in [4.78, 5) is 8.99. The van der Waals surface area contributed by atoms with Crippen LogP contribution in [0.1, 0.15) is 51.0 Å². The summed E-state index contributed by atoms with van der Waals surface area (Å²) in [5.41, 5.74) is 0.978. The number of hydrogen-bond donors (Lipinski definition) is 2. The van der Waals surface area contributed by atoms with Gasteiger partial charge in [-0.2, -0.15) is 0 Å². The Balaban J connectivity index is 0.00000364. The molecule has 2 N–H and O–H groups in total. The van der Waals surface area contributed by atoms with E-state index in [1.165, 1.54) is 38.5 Å². The largest absolute Gasteiger partial charge is 0.475 e. The molecule has 0 spiro atoms. The fraction of sp³-hybridized carbons (Fsp3) is 0.700. The van der Waals surface area contributed by atoms with Crippen molar-refractivity contribution in [1.82, 2.24) is 15.6 Å². The Morgan fingerprint density at radius 2 is 2.07 bits per heavy atom. The maximum atomic E-state index is 5.68. The minimum Gasteiger partial charge on any atom is -0.475 e. The zero-order chi connectivity index (χ0) is 18.5. The zero-order valence-corrected chi connectivity index (χ0v) is 19.0. The number of ether oxygens (including phenoxy) is 2. The van der Waals surface area contributed by atoms with Crippen molar-refractivity contribution in [2.45, 2.75) is 52.0 Å². The van der Waals surface area contributed by atoms with Gasteiger partial charge in [0.1, 0.15) is 6.61 Å². The van der Waals surface area contributed by atoms with Crippen molar-refractivity contribution in [1.29, 1.82) is 0 Å². The van der Waals surface area contributed by atoms with Crippen molar-refractivity contribution in [3.8, 4) is 5.88 Å². The number of hydrogen-bond acceptors (Lipinski definition) is 4. The molecule has 1 aromatic rings. The molecule has 27 heavy (non-hydrogen) atoms. The summed E-state index contributed by atoms with van der Waals surface area (Å²) in [5, 5.41) is 6.76. The first-order chi connectivity index (χ1) is 12.8. The molecular weight excluding hydrogens is 455 g/mol. The molecule has 1 saturated carbocycles. The minimum atomic E-state index is 0. The number of guanidine groups is 1. The molecule has 0 aromatic carbocycles. The van der Waals surface area contributed by atoms with Crippen LogP contribution in [0, 0.1) is 5.92 Å². The molecule has 1 aliphatic carbocycles. The van der Waals surface area contributed by atoms with Crippen LogP contribution < -0.4 is 15.4 Å². The van der Waals surface area contributed by atoms with E-state index in [0.717, 1.165) is 30.5 Å². The van der Waals surface area contributed by atoms with Crippen LogP contribution in [-0.2, 0) is 11.3 Å². The van der Waals surface area contributed by atoms with Gasteiger partial charge in [-0.25, -0.2) is 9.98 Å². The standard InChI is InChI=1S/C20H34N4O2.HI/c1-3-21-20(23-13-6-10-17-8-4-5-9-17)24-16-18-11-7-12-22-19(18)26-15-14-25-2;/h7,11-12,17H,3-6,8-10,13-16H2,1-2H3,(H2,21,23,24);1H. The Kier molecular flexibility index (Phi) is 13.2. The number of rotatable bonds is 11. The lowest BCUT2D eigenvalue weighted by Crippen LogP contribution is -2.37. The molecule has 7 heteroatoms. The van der Waals surface area contributed by atoms with Crippen molar-refractivity contribution in [2.24, 2.45) is 10.9 Å². The lowest BCUT2D eigenvalue weighted by Gasteiger charge is -2.13. The fourth-order valence-corrected chi connectivity index (χ4v) is 3.30. The minimum absolute atomic E-state index is 0. The Hall–Kier alpha value is -1.09. The summed E-state index contributed by atoms with van der Waals surface area (Å²) in [6.07, 6.45) is 9.94. The van der Waals surface area contributed by atoms with E-state index in [0.29, 0.717) is 25.6 Å². The number of nitrogens with one attached hydrogen (secondary N) is 2. The van der Waals surface area contributed by atoms with Crippen LogP contribution in [0.2, 0.25) is 0 Å². The first-order valence-corrected chi connectivity index (χ1v) is 9.91. The van der Waals surface area contributed by atoms with Gasteiger partial charge in [-0.3, -0.25) is 0 Å². The highest BCUT2D eigenvalue weighted by Gasteiger charge is 2.14. The van der Waals surface area contributed by atoms with Crippen LogP contribution in [0.5, 0.6) is 5.88 Å². The Labute approximate surface area is 180 Å². The zero-order valence-electron chi connectivity index (χ0n) is 16.7. The van der Waals surface area contributed by atoms with Crippen molar-refractivity contribution in [2.75, 3.05) is 33.4 Å². The molecular formula is C20H35IN4O2. The van der Waals surface area contributed by atoms with E-state index in [4.69, 9.17) is 9.47 Å². The maximum Gasteiger partial charge on any atom is 0.218 e. The first-order valence-electron chi connectivity index (χ1n) is 9.91. The molecule has 0 radical (unpaired) electrons. The molecule has 0 unspecified atom stereocenters. The molecule has 6 nitrogen and oxygen atoms in total. The summed E-state index contributed by atoms with van der Waals surface area (Å²) in [7, 11) is 1.66. The van der Waals surface area contributed by atoms with Gasteiger partial charge in [0, 0.05) is 32.0 Å². The molecule has 0 aliphatic heterocycles. The third-order valence-electron chi connectivity index (χ3n) is 4.68. The maximum absolute atomic E-state index is 5.68. The van der Waals surface area contributed by atoms with E-state index in [9.17, 15) is 0 Å². The van der Waals surface area contributed by atoms with E-state index in [1.54, 1.807) is 13.3 Å². The second-order valence-electron chi connectivity index (χ2n) is 6.72. The van der Waals surface area contributed by atoms with E-state index in [-0.39, 0.29) is 24.0 Å². The highest BCUT2D eigenvalue weighted by atomic mass is 127. The van der Waals surface area contributed by atoms with Crippen LogP contribution in [0.3, 0.4) is 0 Å². The highest BCUT2D eigenvalue weighted by molar-refractivity contribution is 14.0. The molecule has 154 valence electrons. The van der Waals surface area contributed by atoms with Crippen molar-refractivity contribution in [3.63, 3.8) is 0 Å². The SMILES string of the molecule is CCNC(=NCc1cccnc1OCCOC)NCCCC1CCCC1.I. The smallest absolute Gasteiger partial charge is 0.218 e. The van der Waals surface area contributed by atoms with Gasteiger partial charge in [-0.15, -0.1) is 24.0 Å². The lowest BCUT2D eigenvalue weighted by atomic mass is 10.0. The highest BCUT2D eigenvalue weighted by Crippen LogP contribution is 2.28. The summed E-state index contributed by atoms with van der Waals surface area (Å²) in [6.45, 7) is 5.46. The quantitative estimate of drug-likeness (QED) is 0.214. The Bertz CT molecular complexity index is 536. The van der Waals surface area contributed by atoms with Gasteiger partial charge in [-0.1, -0.05) is 31.7 Å². The fourth-order valence-electron chi connectivity index (χ4n) is 3.30. The second-order valence-corrected chi connectivity index (χ2v) is 6.72. The van der Waals surface area contributed by atoms with Crippen molar-refractivity contribution < 1.29 is 9.47 Å². The monoisotopic (exact) mass is 490 g/mol.